The molecule has 0 atom stereocenters. The Morgan fingerprint density at radius 2 is 1.83 bits per heavy atom. The van der Waals surface area contributed by atoms with Gasteiger partial charge >= 0.3 is 0 Å². The van der Waals surface area contributed by atoms with E-state index >= 15 is 0 Å². The molecule has 0 spiro atoms. The third-order valence-electron chi connectivity index (χ3n) is 5.01. The first-order valence-electron chi connectivity index (χ1n) is 9.81. The topological polar surface area (TPSA) is 81.8 Å². The third kappa shape index (κ3) is 3.87. The highest BCUT2D eigenvalue weighted by molar-refractivity contribution is 5.90. The van der Waals surface area contributed by atoms with Crippen LogP contribution in [0.4, 0.5) is 5.82 Å². The molecule has 152 valence electrons. The van der Waals surface area contributed by atoms with Gasteiger partial charge in [-0.25, -0.2) is 9.67 Å². The van der Waals surface area contributed by atoms with E-state index in [0.717, 1.165) is 22.5 Å². The van der Waals surface area contributed by atoms with Crippen LogP contribution in [-0.2, 0) is 11.3 Å². The highest BCUT2D eigenvalue weighted by Gasteiger charge is 2.12. The molecule has 4 rings (SSSR count). The summed E-state index contributed by atoms with van der Waals surface area (Å²) in [5, 5.41) is 7.94. The Hall–Kier alpha value is -3.74. The van der Waals surface area contributed by atoms with Crippen LogP contribution in [0.3, 0.4) is 0 Å². The molecule has 7 heteroatoms. The molecule has 2 aromatic heterocycles. The molecule has 2 heterocycles. The van der Waals surface area contributed by atoms with Crippen molar-refractivity contribution in [1.29, 1.82) is 0 Å². The minimum atomic E-state index is -0.195. The van der Waals surface area contributed by atoms with Crippen molar-refractivity contribution >= 4 is 22.6 Å². The average Bonchev–Trinajstić information content (AvgIpc) is 3.08. The fraction of sp³-hybridized carbons (Fsp3) is 0.217. The Bertz CT molecular complexity index is 1290. The van der Waals surface area contributed by atoms with Crippen LogP contribution in [0.2, 0.25) is 0 Å². The van der Waals surface area contributed by atoms with Gasteiger partial charge in [-0.05, 0) is 44.5 Å². The number of aryl methyl sites for hydroxylation is 4. The maximum absolute atomic E-state index is 12.7. The van der Waals surface area contributed by atoms with E-state index in [1.807, 2.05) is 63.2 Å². The largest absolute Gasteiger partial charge is 0.311 e. The second-order valence-corrected chi connectivity index (χ2v) is 7.43. The van der Waals surface area contributed by atoms with Gasteiger partial charge in [-0.15, -0.1) is 0 Å². The van der Waals surface area contributed by atoms with Gasteiger partial charge in [0.05, 0.1) is 28.6 Å². The summed E-state index contributed by atoms with van der Waals surface area (Å²) in [4.78, 5) is 29.7. The fourth-order valence-electron chi connectivity index (χ4n) is 3.40. The van der Waals surface area contributed by atoms with Crippen molar-refractivity contribution in [3.63, 3.8) is 0 Å². The zero-order valence-corrected chi connectivity index (χ0v) is 17.2. The molecule has 4 aromatic rings. The molecule has 0 fully saturated rings. The van der Waals surface area contributed by atoms with E-state index in [2.05, 4.69) is 15.4 Å². The number of fused-ring (bicyclic) bond motifs is 1. The van der Waals surface area contributed by atoms with Crippen molar-refractivity contribution in [2.24, 2.45) is 0 Å². The van der Waals surface area contributed by atoms with Crippen molar-refractivity contribution in [2.75, 3.05) is 5.32 Å². The van der Waals surface area contributed by atoms with Crippen molar-refractivity contribution in [3.05, 3.63) is 82.0 Å². The van der Waals surface area contributed by atoms with E-state index in [0.29, 0.717) is 16.7 Å². The van der Waals surface area contributed by atoms with E-state index in [1.165, 1.54) is 10.9 Å². The van der Waals surface area contributed by atoms with Gasteiger partial charge in [0.25, 0.3) is 5.56 Å². The number of nitrogens with zero attached hydrogens (tertiary/aromatic N) is 4. The number of rotatable bonds is 5. The quantitative estimate of drug-likeness (QED) is 0.555. The minimum absolute atomic E-state index is 0.142. The summed E-state index contributed by atoms with van der Waals surface area (Å²) in [5.74, 6) is 0.403. The van der Waals surface area contributed by atoms with Gasteiger partial charge in [0.15, 0.2) is 0 Å². The lowest BCUT2D eigenvalue weighted by molar-refractivity contribution is -0.116. The maximum atomic E-state index is 12.7. The van der Waals surface area contributed by atoms with Gasteiger partial charge in [0, 0.05) is 19.0 Å². The van der Waals surface area contributed by atoms with Crippen molar-refractivity contribution in [3.8, 4) is 5.69 Å². The van der Waals surface area contributed by atoms with E-state index in [9.17, 15) is 9.59 Å². The van der Waals surface area contributed by atoms with E-state index in [1.54, 1.807) is 10.7 Å². The Morgan fingerprint density at radius 1 is 1.07 bits per heavy atom. The first kappa shape index (κ1) is 19.6. The van der Waals surface area contributed by atoms with Crippen LogP contribution in [0.15, 0.2) is 59.7 Å². The molecule has 0 bridgehead atoms. The second kappa shape index (κ2) is 7.94. The molecule has 2 aromatic carbocycles. The van der Waals surface area contributed by atoms with Crippen LogP contribution >= 0.6 is 0 Å². The molecule has 0 aliphatic carbocycles. The van der Waals surface area contributed by atoms with Crippen LogP contribution in [0.1, 0.15) is 23.2 Å². The Labute approximate surface area is 174 Å². The highest BCUT2D eigenvalue weighted by atomic mass is 16.2. The number of hydrogen-bond acceptors (Lipinski definition) is 4. The average molecular weight is 401 g/mol. The SMILES string of the molecule is Cc1ccc(-n2nc(C)cc2NC(=O)CCn2cnc3c(C)cccc3c2=O)cc1. The number of aromatic nitrogens is 4. The number of anilines is 1. The summed E-state index contributed by atoms with van der Waals surface area (Å²) in [7, 11) is 0. The van der Waals surface area contributed by atoms with Gasteiger partial charge in [-0.1, -0.05) is 29.8 Å². The molecule has 0 unspecified atom stereocenters. The first-order chi connectivity index (χ1) is 14.4. The molecular weight excluding hydrogens is 378 g/mol. The molecule has 1 N–H and O–H groups in total. The third-order valence-corrected chi connectivity index (χ3v) is 5.01. The number of carbonyl (C=O) groups excluding carboxylic acids is 1. The number of hydrogen-bond donors (Lipinski definition) is 1. The van der Waals surface area contributed by atoms with Crippen molar-refractivity contribution in [2.45, 2.75) is 33.7 Å². The minimum Gasteiger partial charge on any atom is -0.311 e. The summed E-state index contributed by atoms with van der Waals surface area (Å²) >= 11 is 0. The number of amides is 1. The first-order valence-corrected chi connectivity index (χ1v) is 9.81. The Kier molecular flexibility index (Phi) is 5.18. The highest BCUT2D eigenvalue weighted by Crippen LogP contribution is 2.18. The molecule has 7 nitrogen and oxygen atoms in total. The second-order valence-electron chi connectivity index (χ2n) is 7.43. The summed E-state index contributed by atoms with van der Waals surface area (Å²) < 4.78 is 3.18. The predicted octanol–water partition coefficient (Wildman–Crippen LogP) is 3.54. The van der Waals surface area contributed by atoms with Crippen molar-refractivity contribution in [1.82, 2.24) is 19.3 Å². The standard InChI is InChI=1S/C23H23N5O2/c1-15-7-9-18(10-8-15)28-20(13-17(3)26-28)25-21(29)11-12-27-14-24-22-16(2)5-4-6-19(22)23(27)30/h4-10,13-14H,11-12H2,1-3H3,(H,25,29). The zero-order chi connectivity index (χ0) is 21.3. The van der Waals surface area contributed by atoms with Gasteiger partial charge in [0.2, 0.25) is 5.91 Å². The molecule has 30 heavy (non-hydrogen) atoms. The number of carbonyl (C=O) groups is 1. The van der Waals surface area contributed by atoms with Gasteiger partial charge < -0.3 is 5.32 Å². The Morgan fingerprint density at radius 3 is 2.60 bits per heavy atom. The lowest BCUT2D eigenvalue weighted by Crippen LogP contribution is -2.24. The molecular formula is C23H23N5O2. The van der Waals surface area contributed by atoms with Crippen LogP contribution in [0, 0.1) is 20.8 Å². The maximum Gasteiger partial charge on any atom is 0.261 e. The fourth-order valence-corrected chi connectivity index (χ4v) is 3.40. The van der Waals surface area contributed by atoms with Crippen LogP contribution in [-0.4, -0.2) is 25.2 Å². The number of benzene rings is 2. The van der Waals surface area contributed by atoms with E-state index in [4.69, 9.17) is 0 Å². The molecule has 0 saturated carbocycles. The molecule has 0 aliphatic heterocycles. The zero-order valence-electron chi connectivity index (χ0n) is 17.2. The number of para-hydroxylation sites is 1. The van der Waals surface area contributed by atoms with E-state index in [-0.39, 0.29) is 24.4 Å². The summed E-state index contributed by atoms with van der Waals surface area (Å²) in [5.41, 5.74) is 4.33. The predicted molar refractivity (Wildman–Crippen MR) is 117 cm³/mol. The monoisotopic (exact) mass is 401 g/mol. The lowest BCUT2D eigenvalue weighted by Gasteiger charge is -2.10. The summed E-state index contributed by atoms with van der Waals surface area (Å²) in [6.45, 7) is 6.07. The van der Waals surface area contributed by atoms with E-state index < -0.39 is 0 Å². The summed E-state index contributed by atoms with van der Waals surface area (Å²) in [6, 6.07) is 15.3. The van der Waals surface area contributed by atoms with Gasteiger partial charge in [0.1, 0.15) is 5.82 Å². The molecule has 0 saturated heterocycles. The number of nitrogens with one attached hydrogen (secondary N) is 1. The normalized spacial score (nSPS) is 11.0. The molecule has 0 aliphatic rings. The van der Waals surface area contributed by atoms with Crippen molar-refractivity contribution < 1.29 is 4.79 Å². The van der Waals surface area contributed by atoms with Crippen LogP contribution in [0.5, 0.6) is 0 Å². The van der Waals surface area contributed by atoms with Gasteiger partial charge in [-0.3, -0.25) is 14.2 Å². The van der Waals surface area contributed by atoms with Crippen LogP contribution in [0.25, 0.3) is 16.6 Å². The Balaban J connectivity index is 1.50. The smallest absolute Gasteiger partial charge is 0.261 e. The lowest BCUT2D eigenvalue weighted by atomic mass is 10.1. The summed E-state index contributed by atoms with van der Waals surface area (Å²) in [6.07, 6.45) is 1.66. The van der Waals surface area contributed by atoms with Gasteiger partial charge in [-0.2, -0.15) is 5.10 Å². The van der Waals surface area contributed by atoms with Crippen LogP contribution < -0.4 is 10.9 Å². The molecule has 0 radical (unpaired) electrons. The molecule has 1 amide bonds.